The maximum absolute atomic E-state index is 6.04. The Morgan fingerprint density at radius 1 is 1.40 bits per heavy atom. The molecule has 1 aromatic heterocycles. The van der Waals surface area contributed by atoms with Gasteiger partial charge in [-0.2, -0.15) is 0 Å². The van der Waals surface area contributed by atoms with Crippen molar-refractivity contribution in [3.63, 3.8) is 0 Å². The Bertz CT molecular complexity index is 396. The molecule has 0 amide bonds. The van der Waals surface area contributed by atoms with Crippen LogP contribution in [0.4, 0.5) is 0 Å². The highest BCUT2D eigenvalue weighted by atomic mass is 16.5. The Morgan fingerprint density at radius 3 is 2.65 bits per heavy atom. The van der Waals surface area contributed by atoms with Crippen LogP contribution in [0.2, 0.25) is 0 Å². The molecule has 0 spiro atoms. The van der Waals surface area contributed by atoms with Gasteiger partial charge in [0, 0.05) is 38.5 Å². The minimum atomic E-state index is 0.266. The van der Waals surface area contributed by atoms with Gasteiger partial charge in [0.05, 0.1) is 24.2 Å². The smallest absolute Gasteiger partial charge is 0.0951 e. The fourth-order valence-corrected chi connectivity index (χ4v) is 3.05. The molecule has 0 aliphatic carbocycles. The third kappa shape index (κ3) is 3.40. The number of piperidine rings is 1. The molecule has 1 aliphatic rings. The molecule has 114 valence electrons. The molecule has 0 bridgehead atoms. The van der Waals surface area contributed by atoms with E-state index in [0.717, 1.165) is 32.5 Å². The number of nitrogens with zero attached hydrogens (tertiary/aromatic N) is 3. The summed E-state index contributed by atoms with van der Waals surface area (Å²) in [5.41, 5.74) is 7.28. The Hall–Kier alpha value is -0.910. The van der Waals surface area contributed by atoms with Crippen molar-refractivity contribution >= 4 is 0 Å². The number of hydrogen-bond acceptors (Lipinski definition) is 4. The fraction of sp³-hybridized carbons (Fsp3) is 0.800. The predicted molar refractivity (Wildman–Crippen MR) is 80.6 cm³/mol. The van der Waals surface area contributed by atoms with Crippen molar-refractivity contribution in [2.45, 2.75) is 51.8 Å². The van der Waals surface area contributed by atoms with E-state index < -0.39 is 0 Å². The first-order valence-corrected chi connectivity index (χ1v) is 7.74. The average molecular weight is 280 g/mol. The summed E-state index contributed by atoms with van der Waals surface area (Å²) in [6.07, 6.45) is 6.49. The Kier molecular flexibility index (Phi) is 5.57. The van der Waals surface area contributed by atoms with Crippen molar-refractivity contribution in [1.29, 1.82) is 0 Å². The standard InChI is InChI=1S/C15H28N4O/c1-4-20-13-5-7-18(8-6-13)14(9-16)15-10-17-11-19(15)12(2)3/h10-14H,4-9,16H2,1-3H3. The second-order valence-corrected chi connectivity index (χ2v) is 5.76. The molecule has 5 nitrogen and oxygen atoms in total. The van der Waals surface area contributed by atoms with Gasteiger partial charge < -0.3 is 15.0 Å². The van der Waals surface area contributed by atoms with E-state index in [4.69, 9.17) is 10.5 Å². The molecule has 2 heterocycles. The lowest BCUT2D eigenvalue weighted by atomic mass is 10.0. The van der Waals surface area contributed by atoms with Crippen LogP contribution in [0.3, 0.4) is 0 Å². The van der Waals surface area contributed by atoms with Gasteiger partial charge >= 0.3 is 0 Å². The average Bonchev–Trinajstić information content (AvgIpc) is 2.91. The molecule has 1 saturated heterocycles. The van der Waals surface area contributed by atoms with Gasteiger partial charge in [0.15, 0.2) is 0 Å². The van der Waals surface area contributed by atoms with Crippen LogP contribution >= 0.6 is 0 Å². The van der Waals surface area contributed by atoms with Gasteiger partial charge in [-0.25, -0.2) is 4.98 Å². The highest BCUT2D eigenvalue weighted by molar-refractivity contribution is 5.08. The minimum Gasteiger partial charge on any atom is -0.378 e. The third-order valence-corrected chi connectivity index (χ3v) is 4.14. The third-order valence-electron chi connectivity index (χ3n) is 4.14. The lowest BCUT2D eigenvalue weighted by Crippen LogP contribution is -2.42. The van der Waals surface area contributed by atoms with Crippen molar-refractivity contribution in [1.82, 2.24) is 14.5 Å². The zero-order valence-electron chi connectivity index (χ0n) is 13.0. The van der Waals surface area contributed by atoms with E-state index in [1.165, 1.54) is 5.69 Å². The lowest BCUT2D eigenvalue weighted by molar-refractivity contribution is 0.00364. The van der Waals surface area contributed by atoms with Crippen molar-refractivity contribution in [3.8, 4) is 0 Å². The van der Waals surface area contributed by atoms with E-state index in [1.54, 1.807) is 0 Å². The van der Waals surface area contributed by atoms with Crippen molar-refractivity contribution in [3.05, 3.63) is 18.2 Å². The molecule has 2 N–H and O–H groups in total. The molecule has 5 heteroatoms. The van der Waals surface area contributed by atoms with E-state index in [1.807, 2.05) is 12.5 Å². The van der Waals surface area contributed by atoms with Gasteiger partial charge in [-0.05, 0) is 33.6 Å². The summed E-state index contributed by atoms with van der Waals surface area (Å²) in [6, 6.07) is 0.685. The van der Waals surface area contributed by atoms with Crippen LogP contribution in [-0.2, 0) is 4.74 Å². The fourth-order valence-electron chi connectivity index (χ4n) is 3.05. The molecule has 0 aromatic carbocycles. The molecule has 1 atom stereocenters. The van der Waals surface area contributed by atoms with Crippen LogP contribution in [0.5, 0.6) is 0 Å². The van der Waals surface area contributed by atoms with Crippen LogP contribution in [0, 0.1) is 0 Å². The quantitative estimate of drug-likeness (QED) is 0.865. The first-order chi connectivity index (χ1) is 9.67. The van der Waals surface area contributed by atoms with Crippen LogP contribution < -0.4 is 5.73 Å². The molecule has 2 rings (SSSR count). The summed E-state index contributed by atoms with van der Waals surface area (Å²) in [5.74, 6) is 0. The van der Waals surface area contributed by atoms with Gasteiger partial charge in [-0.3, -0.25) is 4.90 Å². The van der Waals surface area contributed by atoms with Crippen LogP contribution in [0.25, 0.3) is 0 Å². The maximum atomic E-state index is 6.04. The molecule has 1 unspecified atom stereocenters. The number of ether oxygens (including phenoxy) is 1. The molecular formula is C15H28N4O. The molecular weight excluding hydrogens is 252 g/mol. The largest absolute Gasteiger partial charge is 0.378 e. The number of rotatable bonds is 6. The first kappa shape index (κ1) is 15.5. The number of aromatic nitrogens is 2. The zero-order valence-corrected chi connectivity index (χ0v) is 13.0. The summed E-state index contributed by atoms with van der Waals surface area (Å²) in [7, 11) is 0. The number of imidazole rings is 1. The van der Waals surface area contributed by atoms with Crippen molar-refractivity contribution < 1.29 is 4.74 Å². The topological polar surface area (TPSA) is 56.3 Å². The highest BCUT2D eigenvalue weighted by Gasteiger charge is 2.27. The van der Waals surface area contributed by atoms with E-state index in [-0.39, 0.29) is 6.04 Å². The van der Waals surface area contributed by atoms with E-state index >= 15 is 0 Å². The Morgan fingerprint density at radius 2 is 2.10 bits per heavy atom. The van der Waals surface area contributed by atoms with E-state index in [9.17, 15) is 0 Å². The number of likely N-dealkylation sites (tertiary alicyclic amines) is 1. The van der Waals surface area contributed by atoms with Gasteiger partial charge in [-0.1, -0.05) is 0 Å². The SMILES string of the molecule is CCOC1CCN(C(CN)c2cncn2C(C)C)CC1. The molecule has 1 aliphatic heterocycles. The number of nitrogens with two attached hydrogens (primary N) is 1. The van der Waals surface area contributed by atoms with Gasteiger partial charge in [0.1, 0.15) is 0 Å². The van der Waals surface area contributed by atoms with Gasteiger partial charge in [0.25, 0.3) is 0 Å². The number of hydrogen-bond donors (Lipinski definition) is 1. The molecule has 1 fully saturated rings. The summed E-state index contributed by atoms with van der Waals surface area (Å²) in [4.78, 5) is 6.79. The lowest BCUT2D eigenvalue weighted by Gasteiger charge is -2.37. The molecule has 20 heavy (non-hydrogen) atoms. The van der Waals surface area contributed by atoms with Crippen molar-refractivity contribution in [2.24, 2.45) is 5.73 Å². The predicted octanol–water partition coefficient (Wildman–Crippen LogP) is 1.96. The zero-order chi connectivity index (χ0) is 14.5. The molecule has 0 radical (unpaired) electrons. The summed E-state index contributed by atoms with van der Waals surface area (Å²) in [5, 5.41) is 0. The van der Waals surface area contributed by atoms with Gasteiger partial charge in [-0.15, -0.1) is 0 Å². The Labute approximate surface area is 122 Å². The summed E-state index contributed by atoms with van der Waals surface area (Å²) < 4.78 is 7.95. The second-order valence-electron chi connectivity index (χ2n) is 5.76. The van der Waals surface area contributed by atoms with Gasteiger partial charge in [0.2, 0.25) is 0 Å². The van der Waals surface area contributed by atoms with Crippen LogP contribution in [0.1, 0.15) is 51.4 Å². The first-order valence-electron chi connectivity index (χ1n) is 7.74. The monoisotopic (exact) mass is 280 g/mol. The van der Waals surface area contributed by atoms with Crippen LogP contribution in [-0.4, -0.2) is 46.8 Å². The normalized spacial score (nSPS) is 19.6. The van der Waals surface area contributed by atoms with Crippen LogP contribution in [0.15, 0.2) is 12.5 Å². The minimum absolute atomic E-state index is 0.266. The summed E-state index contributed by atoms with van der Waals surface area (Å²) in [6.45, 7) is 9.98. The van der Waals surface area contributed by atoms with E-state index in [0.29, 0.717) is 18.7 Å². The Balaban J connectivity index is 2.04. The van der Waals surface area contributed by atoms with Crippen molar-refractivity contribution in [2.75, 3.05) is 26.2 Å². The summed E-state index contributed by atoms with van der Waals surface area (Å²) >= 11 is 0. The molecule has 0 saturated carbocycles. The van der Waals surface area contributed by atoms with E-state index in [2.05, 4.69) is 35.2 Å². The molecule has 1 aromatic rings. The highest BCUT2D eigenvalue weighted by Crippen LogP contribution is 2.26. The maximum Gasteiger partial charge on any atom is 0.0951 e. The second kappa shape index (κ2) is 7.20.